The van der Waals surface area contributed by atoms with E-state index in [4.69, 9.17) is 9.52 Å². The maximum Gasteiger partial charge on any atom is 0.154 e. The number of sulfone groups is 1. The van der Waals surface area contributed by atoms with E-state index in [1.807, 2.05) is 65.2 Å². The molecule has 1 saturated heterocycles. The monoisotopic (exact) mass is 415 g/mol. The highest BCUT2D eigenvalue weighted by Gasteiger charge is 2.32. The number of aliphatic hydroxyl groups excluding tert-OH is 1. The molecule has 0 unspecified atom stereocenters. The SMILES string of the molecule is Cc1ccc(-c2nn(-c3ccccc3)cc2CN(CCO)[C@@H]2CCS(=O)(=O)C2)o1. The van der Waals surface area contributed by atoms with E-state index in [0.717, 1.165) is 22.7 Å². The summed E-state index contributed by atoms with van der Waals surface area (Å²) in [5.41, 5.74) is 2.59. The summed E-state index contributed by atoms with van der Waals surface area (Å²) >= 11 is 0. The molecule has 154 valence electrons. The first-order chi connectivity index (χ1) is 13.9. The van der Waals surface area contributed by atoms with E-state index < -0.39 is 9.84 Å². The second-order valence-corrected chi connectivity index (χ2v) is 9.67. The van der Waals surface area contributed by atoms with Crippen LogP contribution in [0.3, 0.4) is 0 Å². The molecule has 1 aromatic carbocycles. The van der Waals surface area contributed by atoms with Gasteiger partial charge in [0, 0.05) is 30.9 Å². The fraction of sp³-hybridized carbons (Fsp3) is 0.381. The second kappa shape index (κ2) is 8.14. The quantitative estimate of drug-likeness (QED) is 0.638. The lowest BCUT2D eigenvalue weighted by molar-refractivity contribution is 0.154. The lowest BCUT2D eigenvalue weighted by Crippen LogP contribution is -2.37. The van der Waals surface area contributed by atoms with Crippen molar-refractivity contribution in [1.29, 1.82) is 0 Å². The first-order valence-corrected chi connectivity index (χ1v) is 11.5. The van der Waals surface area contributed by atoms with E-state index in [1.54, 1.807) is 0 Å². The molecule has 3 heterocycles. The molecule has 0 amide bonds. The Kier molecular flexibility index (Phi) is 5.58. The summed E-state index contributed by atoms with van der Waals surface area (Å²) in [6, 6.07) is 13.5. The number of furan rings is 1. The highest BCUT2D eigenvalue weighted by Crippen LogP contribution is 2.28. The number of nitrogens with zero attached hydrogens (tertiary/aromatic N) is 3. The first-order valence-electron chi connectivity index (χ1n) is 9.71. The zero-order valence-corrected chi connectivity index (χ0v) is 17.2. The van der Waals surface area contributed by atoms with E-state index >= 15 is 0 Å². The van der Waals surface area contributed by atoms with Gasteiger partial charge in [-0.05, 0) is 37.6 Å². The molecule has 0 bridgehead atoms. The summed E-state index contributed by atoms with van der Waals surface area (Å²) in [5, 5.41) is 14.3. The predicted octanol–water partition coefficient (Wildman–Crippen LogP) is 2.42. The molecular weight excluding hydrogens is 390 g/mol. The fourth-order valence-corrected chi connectivity index (χ4v) is 5.57. The number of hydrogen-bond acceptors (Lipinski definition) is 6. The molecule has 1 fully saturated rings. The zero-order chi connectivity index (χ0) is 20.4. The topological polar surface area (TPSA) is 88.6 Å². The van der Waals surface area contributed by atoms with E-state index in [9.17, 15) is 13.5 Å². The van der Waals surface area contributed by atoms with Gasteiger partial charge in [0.05, 0.1) is 23.8 Å². The largest absolute Gasteiger partial charge is 0.460 e. The van der Waals surface area contributed by atoms with Gasteiger partial charge < -0.3 is 9.52 Å². The zero-order valence-electron chi connectivity index (χ0n) is 16.4. The van der Waals surface area contributed by atoms with Crippen LogP contribution in [0.25, 0.3) is 17.1 Å². The Morgan fingerprint density at radius 2 is 2.03 bits per heavy atom. The summed E-state index contributed by atoms with van der Waals surface area (Å²) in [7, 11) is -3.01. The Balaban J connectivity index is 1.69. The van der Waals surface area contributed by atoms with Crippen LogP contribution in [0.5, 0.6) is 0 Å². The highest BCUT2D eigenvalue weighted by molar-refractivity contribution is 7.91. The number of aromatic nitrogens is 2. The van der Waals surface area contributed by atoms with Gasteiger partial charge in [-0.25, -0.2) is 13.1 Å². The Hall–Kier alpha value is -2.42. The molecular formula is C21H25N3O4S. The third-order valence-electron chi connectivity index (χ3n) is 5.27. The van der Waals surface area contributed by atoms with E-state index in [0.29, 0.717) is 25.3 Å². The molecule has 29 heavy (non-hydrogen) atoms. The van der Waals surface area contributed by atoms with E-state index in [-0.39, 0.29) is 24.2 Å². The standard InChI is InChI=1S/C21H25N3O4S/c1-16-7-8-20(28-16)21-17(14-24(22-21)18-5-3-2-4-6-18)13-23(10-11-25)19-9-12-29(26,27)15-19/h2-8,14,19,25H,9-13,15H2,1H3/t19-/m1/s1. The molecule has 4 rings (SSSR count). The Labute approximate surface area is 170 Å². The summed E-state index contributed by atoms with van der Waals surface area (Å²) in [6.45, 7) is 2.76. The van der Waals surface area contributed by atoms with Crippen molar-refractivity contribution in [3.8, 4) is 17.1 Å². The molecule has 0 saturated carbocycles. The van der Waals surface area contributed by atoms with Gasteiger partial charge >= 0.3 is 0 Å². The van der Waals surface area contributed by atoms with Crippen LogP contribution in [-0.2, 0) is 16.4 Å². The van der Waals surface area contributed by atoms with Crippen LogP contribution in [0.15, 0.2) is 53.1 Å². The average Bonchev–Trinajstić information content (AvgIpc) is 3.40. The summed E-state index contributed by atoms with van der Waals surface area (Å²) in [6.07, 6.45) is 2.54. The van der Waals surface area contributed by atoms with Crippen LogP contribution in [0, 0.1) is 6.92 Å². The Bertz CT molecular complexity index is 1070. The van der Waals surface area contributed by atoms with Gasteiger partial charge in [0.2, 0.25) is 0 Å². The van der Waals surface area contributed by atoms with Crippen molar-refractivity contribution in [2.45, 2.75) is 25.9 Å². The summed E-state index contributed by atoms with van der Waals surface area (Å²) < 4.78 is 31.6. The highest BCUT2D eigenvalue weighted by atomic mass is 32.2. The van der Waals surface area contributed by atoms with E-state index in [1.165, 1.54) is 0 Å². The maximum atomic E-state index is 12.0. The number of hydrogen-bond donors (Lipinski definition) is 1. The van der Waals surface area contributed by atoms with Crippen LogP contribution < -0.4 is 0 Å². The molecule has 1 aliphatic heterocycles. The Morgan fingerprint density at radius 3 is 2.66 bits per heavy atom. The van der Waals surface area contributed by atoms with E-state index in [2.05, 4.69) is 0 Å². The number of rotatable bonds is 7. The first kappa shape index (κ1) is 19.9. The molecule has 8 heteroatoms. The van der Waals surface area contributed by atoms with Gasteiger partial charge in [-0.3, -0.25) is 4.90 Å². The summed E-state index contributed by atoms with van der Waals surface area (Å²) in [5.74, 6) is 1.81. The van der Waals surface area contributed by atoms with Crippen molar-refractivity contribution in [3.05, 3.63) is 60.0 Å². The number of aliphatic hydroxyl groups is 1. The van der Waals surface area contributed by atoms with Gasteiger partial charge in [-0.1, -0.05) is 18.2 Å². The number of aryl methyl sites for hydroxylation is 1. The summed E-state index contributed by atoms with van der Waals surface area (Å²) in [4.78, 5) is 2.04. The lowest BCUT2D eigenvalue weighted by Gasteiger charge is -2.27. The van der Waals surface area contributed by atoms with Crippen LogP contribution in [0.1, 0.15) is 17.7 Å². The van der Waals surface area contributed by atoms with Crippen molar-refractivity contribution < 1.29 is 17.9 Å². The third-order valence-corrected chi connectivity index (χ3v) is 7.02. The molecule has 1 N–H and O–H groups in total. The van der Waals surface area contributed by atoms with Crippen molar-refractivity contribution >= 4 is 9.84 Å². The van der Waals surface area contributed by atoms with Gasteiger partial charge in [0.1, 0.15) is 11.5 Å². The molecule has 0 spiro atoms. The van der Waals surface area contributed by atoms with Gasteiger partial charge in [0.15, 0.2) is 15.6 Å². The molecule has 0 radical (unpaired) electrons. The number of para-hydroxylation sites is 1. The molecule has 1 atom stereocenters. The van der Waals surface area contributed by atoms with Gasteiger partial charge in [-0.2, -0.15) is 5.10 Å². The number of benzene rings is 1. The lowest BCUT2D eigenvalue weighted by atomic mass is 10.1. The molecule has 2 aromatic heterocycles. The van der Waals surface area contributed by atoms with Crippen molar-refractivity contribution in [2.24, 2.45) is 0 Å². The fourth-order valence-electron chi connectivity index (χ4n) is 3.81. The minimum absolute atomic E-state index is 0.0292. The molecule has 3 aromatic rings. The molecule has 0 aliphatic carbocycles. The van der Waals surface area contributed by atoms with Gasteiger partial charge in [-0.15, -0.1) is 0 Å². The van der Waals surface area contributed by atoms with Crippen LogP contribution in [-0.4, -0.2) is 58.9 Å². The van der Waals surface area contributed by atoms with Crippen molar-refractivity contribution in [1.82, 2.24) is 14.7 Å². The Morgan fingerprint density at radius 1 is 1.24 bits per heavy atom. The van der Waals surface area contributed by atoms with Crippen LogP contribution in [0.4, 0.5) is 0 Å². The normalized spacial score (nSPS) is 18.5. The average molecular weight is 416 g/mol. The minimum Gasteiger partial charge on any atom is -0.460 e. The van der Waals surface area contributed by atoms with Crippen molar-refractivity contribution in [3.63, 3.8) is 0 Å². The molecule has 7 nitrogen and oxygen atoms in total. The van der Waals surface area contributed by atoms with Crippen molar-refractivity contribution in [2.75, 3.05) is 24.7 Å². The predicted molar refractivity (Wildman–Crippen MR) is 111 cm³/mol. The molecule has 1 aliphatic rings. The van der Waals surface area contributed by atoms with Gasteiger partial charge in [0.25, 0.3) is 0 Å². The maximum absolute atomic E-state index is 12.0. The minimum atomic E-state index is -3.01. The van der Waals surface area contributed by atoms with Crippen LogP contribution >= 0.6 is 0 Å². The van der Waals surface area contributed by atoms with Crippen LogP contribution in [0.2, 0.25) is 0 Å². The second-order valence-electron chi connectivity index (χ2n) is 7.44. The smallest absolute Gasteiger partial charge is 0.154 e. The third kappa shape index (κ3) is 4.44.